The van der Waals surface area contributed by atoms with Crippen molar-refractivity contribution in [3.05, 3.63) is 53.6 Å². The second-order valence-electron chi connectivity index (χ2n) is 9.03. The summed E-state index contributed by atoms with van der Waals surface area (Å²) in [5.41, 5.74) is 1.67. The highest BCUT2D eigenvalue weighted by Crippen LogP contribution is 2.59. The van der Waals surface area contributed by atoms with Crippen LogP contribution >= 0.6 is 0 Å². The average molecular weight is 322 g/mol. The molecular formula is C22H26O2. The minimum atomic E-state index is -0.886. The van der Waals surface area contributed by atoms with Crippen LogP contribution in [0.25, 0.3) is 5.57 Å². The number of allylic oxidation sites excluding steroid dienone is 4. The number of carbonyl (C=O) groups is 2. The molecule has 0 radical (unpaired) electrons. The smallest absolute Gasteiger partial charge is 0.214 e. The molecule has 0 aliphatic heterocycles. The molecule has 1 aromatic carbocycles. The van der Waals surface area contributed by atoms with Crippen LogP contribution in [0.2, 0.25) is 0 Å². The molecule has 2 nitrogen and oxygen atoms in total. The minimum absolute atomic E-state index is 0.143. The number of hydrogen-bond acceptors (Lipinski definition) is 2. The molecule has 0 fully saturated rings. The maximum atomic E-state index is 13.2. The Balaban J connectivity index is 2.34. The Kier molecular flexibility index (Phi) is 3.53. The number of carbonyl (C=O) groups excluding carboxylic acids is 2. The highest BCUT2D eigenvalue weighted by Gasteiger charge is 2.60. The molecule has 2 atom stereocenters. The molecule has 0 N–H and O–H groups in total. The Morgan fingerprint density at radius 1 is 0.917 bits per heavy atom. The van der Waals surface area contributed by atoms with E-state index in [0.717, 1.165) is 16.7 Å². The fourth-order valence-electron chi connectivity index (χ4n) is 4.11. The van der Waals surface area contributed by atoms with E-state index in [1.165, 1.54) is 0 Å². The van der Waals surface area contributed by atoms with Crippen molar-refractivity contribution in [1.29, 1.82) is 0 Å². The lowest BCUT2D eigenvalue weighted by Crippen LogP contribution is -2.55. The standard InChI is InChI=1S/C22H26O2/c1-20(2,3)17-13-22(21(4,5)6)16(14-10-8-7-9-11-14)12-15(17)18(23)19(22)24/h7-13,15H,1-6H3. The van der Waals surface area contributed by atoms with Crippen LogP contribution in [-0.4, -0.2) is 11.6 Å². The van der Waals surface area contributed by atoms with Crippen molar-refractivity contribution in [3.63, 3.8) is 0 Å². The fraction of sp³-hybridized carbons (Fsp3) is 0.455. The summed E-state index contributed by atoms with van der Waals surface area (Å²) in [5, 5.41) is 0. The first-order valence-electron chi connectivity index (χ1n) is 8.60. The van der Waals surface area contributed by atoms with Crippen molar-refractivity contribution in [2.75, 3.05) is 0 Å². The van der Waals surface area contributed by atoms with Gasteiger partial charge in [0.15, 0.2) is 0 Å². The highest BCUT2D eigenvalue weighted by atomic mass is 16.2. The van der Waals surface area contributed by atoms with Crippen molar-refractivity contribution >= 4 is 17.1 Å². The molecule has 2 heteroatoms. The van der Waals surface area contributed by atoms with Gasteiger partial charge in [-0.2, -0.15) is 0 Å². The molecule has 3 aliphatic rings. The molecule has 4 rings (SSSR count). The van der Waals surface area contributed by atoms with Gasteiger partial charge in [-0.25, -0.2) is 0 Å². The number of benzene rings is 1. The van der Waals surface area contributed by atoms with Gasteiger partial charge in [0.05, 0.1) is 11.3 Å². The average Bonchev–Trinajstić information content (AvgIpc) is 2.50. The minimum Gasteiger partial charge on any atom is -0.290 e. The van der Waals surface area contributed by atoms with E-state index in [-0.39, 0.29) is 22.4 Å². The molecule has 0 amide bonds. The molecule has 3 aliphatic carbocycles. The third kappa shape index (κ3) is 2.16. The van der Waals surface area contributed by atoms with Gasteiger partial charge in [0.2, 0.25) is 11.6 Å². The number of hydrogen-bond donors (Lipinski definition) is 0. The highest BCUT2D eigenvalue weighted by molar-refractivity contribution is 6.46. The summed E-state index contributed by atoms with van der Waals surface area (Å²) in [6, 6.07) is 9.99. The molecule has 0 saturated heterocycles. The molecular weight excluding hydrogens is 296 g/mol. The third-order valence-corrected chi connectivity index (χ3v) is 5.46. The van der Waals surface area contributed by atoms with Gasteiger partial charge in [-0.05, 0) is 22.0 Å². The second kappa shape index (κ2) is 5.02. The van der Waals surface area contributed by atoms with Gasteiger partial charge in [-0.15, -0.1) is 0 Å². The summed E-state index contributed by atoms with van der Waals surface area (Å²) in [5.74, 6) is -0.927. The van der Waals surface area contributed by atoms with E-state index in [2.05, 4.69) is 47.6 Å². The largest absolute Gasteiger partial charge is 0.290 e. The first kappa shape index (κ1) is 16.9. The van der Waals surface area contributed by atoms with Crippen LogP contribution in [0.15, 0.2) is 48.1 Å². The molecule has 2 bridgehead atoms. The summed E-state index contributed by atoms with van der Waals surface area (Å²) >= 11 is 0. The Morgan fingerprint density at radius 2 is 1.50 bits per heavy atom. The molecule has 1 aromatic rings. The van der Waals surface area contributed by atoms with Gasteiger partial charge in [0, 0.05) is 0 Å². The predicted molar refractivity (Wildman–Crippen MR) is 97.3 cm³/mol. The van der Waals surface area contributed by atoms with Crippen LogP contribution in [0.3, 0.4) is 0 Å². The number of rotatable bonds is 1. The summed E-state index contributed by atoms with van der Waals surface area (Å²) < 4.78 is 0. The first-order chi connectivity index (χ1) is 11.0. The van der Waals surface area contributed by atoms with E-state index >= 15 is 0 Å². The normalized spacial score (nSPS) is 27.2. The van der Waals surface area contributed by atoms with Gasteiger partial charge in [-0.1, -0.05) is 89.6 Å². The lowest BCUT2D eigenvalue weighted by molar-refractivity contribution is -0.145. The monoisotopic (exact) mass is 322 g/mol. The van der Waals surface area contributed by atoms with Gasteiger partial charge < -0.3 is 0 Å². The van der Waals surface area contributed by atoms with Gasteiger partial charge in [0.1, 0.15) is 0 Å². The predicted octanol–water partition coefficient (Wildman–Crippen LogP) is 4.86. The van der Waals surface area contributed by atoms with Gasteiger partial charge in [0.25, 0.3) is 0 Å². The van der Waals surface area contributed by atoms with E-state index in [4.69, 9.17) is 0 Å². The van der Waals surface area contributed by atoms with E-state index in [9.17, 15) is 9.59 Å². The maximum absolute atomic E-state index is 13.2. The van der Waals surface area contributed by atoms with Crippen molar-refractivity contribution < 1.29 is 9.59 Å². The third-order valence-electron chi connectivity index (χ3n) is 5.46. The Labute approximate surface area is 144 Å². The van der Waals surface area contributed by atoms with Crippen LogP contribution in [0.1, 0.15) is 47.1 Å². The van der Waals surface area contributed by atoms with Crippen molar-refractivity contribution in [3.8, 4) is 0 Å². The van der Waals surface area contributed by atoms with Crippen LogP contribution in [0, 0.1) is 22.2 Å². The summed E-state index contributed by atoms with van der Waals surface area (Å²) in [6.07, 6.45) is 4.16. The lowest BCUT2D eigenvalue weighted by atomic mass is 9.49. The van der Waals surface area contributed by atoms with Crippen LogP contribution in [0.4, 0.5) is 0 Å². The quantitative estimate of drug-likeness (QED) is 0.547. The zero-order valence-electron chi connectivity index (χ0n) is 15.4. The van der Waals surface area contributed by atoms with E-state index in [0.29, 0.717) is 0 Å². The molecule has 0 saturated carbocycles. The Hall–Kier alpha value is -1.96. The van der Waals surface area contributed by atoms with Crippen LogP contribution < -0.4 is 0 Å². The summed E-state index contributed by atoms with van der Waals surface area (Å²) in [6.45, 7) is 12.5. The van der Waals surface area contributed by atoms with E-state index in [1.54, 1.807) is 0 Å². The van der Waals surface area contributed by atoms with Crippen LogP contribution in [-0.2, 0) is 9.59 Å². The van der Waals surface area contributed by atoms with Crippen molar-refractivity contribution in [1.82, 2.24) is 0 Å². The molecule has 24 heavy (non-hydrogen) atoms. The molecule has 2 unspecified atom stereocenters. The van der Waals surface area contributed by atoms with E-state index in [1.807, 2.05) is 36.4 Å². The summed E-state index contributed by atoms with van der Waals surface area (Å²) in [4.78, 5) is 26.0. The lowest BCUT2D eigenvalue weighted by Gasteiger charge is -2.51. The number of Topliss-reactive ketones (excluding diaryl/α,β-unsaturated/α-hetero) is 2. The topological polar surface area (TPSA) is 34.1 Å². The van der Waals surface area contributed by atoms with Gasteiger partial charge in [-0.3, -0.25) is 9.59 Å². The fourth-order valence-corrected chi connectivity index (χ4v) is 4.11. The second-order valence-corrected chi connectivity index (χ2v) is 9.03. The molecule has 0 heterocycles. The number of ketones is 2. The Morgan fingerprint density at radius 3 is 2.00 bits per heavy atom. The zero-order chi connectivity index (χ0) is 17.9. The van der Waals surface area contributed by atoms with Crippen molar-refractivity contribution in [2.24, 2.45) is 22.2 Å². The van der Waals surface area contributed by atoms with Crippen LogP contribution in [0.5, 0.6) is 0 Å². The molecule has 0 spiro atoms. The van der Waals surface area contributed by atoms with E-state index < -0.39 is 11.3 Å². The maximum Gasteiger partial charge on any atom is 0.214 e. The molecule has 126 valence electrons. The summed E-state index contributed by atoms with van der Waals surface area (Å²) in [7, 11) is 0. The number of fused-ring (bicyclic) bond motifs is 1. The van der Waals surface area contributed by atoms with Gasteiger partial charge >= 0.3 is 0 Å². The zero-order valence-corrected chi connectivity index (χ0v) is 15.4. The Bertz CT molecular complexity index is 766. The SMILES string of the molecule is CC(C)(C)C1=CC2(C(C)(C)C)C(=O)C(=O)C1C=C2c1ccccc1. The van der Waals surface area contributed by atoms with Crippen molar-refractivity contribution in [2.45, 2.75) is 41.5 Å². The first-order valence-corrected chi connectivity index (χ1v) is 8.60. The molecule has 0 aromatic heterocycles.